The summed E-state index contributed by atoms with van der Waals surface area (Å²) < 4.78 is 29.0. The van der Waals surface area contributed by atoms with E-state index in [0.29, 0.717) is 41.2 Å². The number of aryl methyl sites for hydroxylation is 1. The SMILES string of the molecule is CNC(=O)c1cc(C2CC2)nc2c1c(C1CCCN1[S+](=O)([O-])C(C)C)nn2C. The van der Waals surface area contributed by atoms with Crippen molar-refractivity contribution in [3.63, 3.8) is 0 Å². The molecule has 9 heteroatoms. The molecule has 4 rings (SSSR count). The van der Waals surface area contributed by atoms with Gasteiger partial charge in [-0.1, -0.05) is 4.21 Å². The van der Waals surface area contributed by atoms with Crippen LogP contribution in [0.4, 0.5) is 0 Å². The monoisotopic (exact) mass is 405 g/mol. The van der Waals surface area contributed by atoms with Gasteiger partial charge in [0, 0.05) is 32.3 Å². The van der Waals surface area contributed by atoms with Gasteiger partial charge >= 0.3 is 0 Å². The lowest BCUT2D eigenvalue weighted by Crippen LogP contribution is -2.41. The highest BCUT2D eigenvalue weighted by Crippen LogP contribution is 2.43. The van der Waals surface area contributed by atoms with Crippen LogP contribution in [0.5, 0.6) is 0 Å². The van der Waals surface area contributed by atoms with Crippen molar-refractivity contribution in [1.82, 2.24) is 24.4 Å². The van der Waals surface area contributed by atoms with Crippen molar-refractivity contribution in [2.75, 3.05) is 13.6 Å². The van der Waals surface area contributed by atoms with Crippen molar-refractivity contribution < 1.29 is 13.6 Å². The second kappa shape index (κ2) is 6.89. The van der Waals surface area contributed by atoms with E-state index in [0.717, 1.165) is 25.0 Å². The predicted molar refractivity (Wildman–Crippen MR) is 107 cm³/mol. The van der Waals surface area contributed by atoms with Crippen LogP contribution >= 0.6 is 0 Å². The van der Waals surface area contributed by atoms with Gasteiger partial charge in [0.1, 0.15) is 15.6 Å². The average Bonchev–Trinajstić information content (AvgIpc) is 3.30. The third kappa shape index (κ3) is 3.05. The molecule has 3 heterocycles. The zero-order chi connectivity index (χ0) is 20.2. The van der Waals surface area contributed by atoms with Gasteiger partial charge in [0.15, 0.2) is 5.65 Å². The zero-order valence-electron chi connectivity index (χ0n) is 16.8. The van der Waals surface area contributed by atoms with Crippen molar-refractivity contribution in [1.29, 1.82) is 0 Å². The van der Waals surface area contributed by atoms with Crippen molar-refractivity contribution in [3.05, 3.63) is 23.0 Å². The summed E-state index contributed by atoms with van der Waals surface area (Å²) in [7, 11) is -0.0118. The first-order valence-electron chi connectivity index (χ1n) is 9.86. The molecule has 1 amide bonds. The molecule has 1 saturated carbocycles. The molecule has 28 heavy (non-hydrogen) atoms. The number of hydrogen-bond donors (Lipinski definition) is 1. The van der Waals surface area contributed by atoms with E-state index < -0.39 is 15.6 Å². The number of sulfonamides is 1. The van der Waals surface area contributed by atoms with E-state index in [-0.39, 0.29) is 11.9 Å². The number of amides is 1. The van der Waals surface area contributed by atoms with E-state index in [4.69, 9.17) is 4.98 Å². The molecule has 1 aliphatic heterocycles. The number of hydrogen-bond acceptors (Lipinski definition) is 5. The Kier molecular flexibility index (Phi) is 4.79. The maximum absolute atomic E-state index is 12.9. The topological polar surface area (TPSA) is 103 Å². The lowest BCUT2D eigenvalue weighted by Gasteiger charge is -2.30. The van der Waals surface area contributed by atoms with Crippen LogP contribution in [0.25, 0.3) is 11.0 Å². The van der Waals surface area contributed by atoms with Gasteiger partial charge in [0.25, 0.3) is 5.91 Å². The van der Waals surface area contributed by atoms with Crippen LogP contribution in [0.2, 0.25) is 0 Å². The summed E-state index contributed by atoms with van der Waals surface area (Å²) in [6, 6.07) is 1.49. The smallest absolute Gasteiger partial charge is 0.251 e. The Bertz CT molecular complexity index is 982. The summed E-state index contributed by atoms with van der Waals surface area (Å²) >= 11 is 0. The molecule has 1 saturated heterocycles. The molecule has 0 aromatic carbocycles. The number of rotatable bonds is 5. The van der Waals surface area contributed by atoms with Gasteiger partial charge in [0.05, 0.1) is 22.7 Å². The van der Waals surface area contributed by atoms with Crippen molar-refractivity contribution in [2.45, 2.75) is 56.7 Å². The summed E-state index contributed by atoms with van der Waals surface area (Å²) in [5.41, 5.74) is 2.73. The number of nitrogens with one attached hydrogen (secondary N) is 1. The van der Waals surface area contributed by atoms with Crippen molar-refractivity contribution >= 4 is 27.3 Å². The fourth-order valence-corrected chi connectivity index (χ4v) is 5.51. The summed E-state index contributed by atoms with van der Waals surface area (Å²) in [4.78, 5) is 17.5. The van der Waals surface area contributed by atoms with Crippen LogP contribution in [0.15, 0.2) is 6.07 Å². The summed E-state index contributed by atoms with van der Waals surface area (Å²) in [5.74, 6) is 0.204. The Morgan fingerprint density at radius 1 is 1.36 bits per heavy atom. The minimum atomic E-state index is -3.42. The highest BCUT2D eigenvalue weighted by molar-refractivity contribution is 7.95. The van der Waals surface area contributed by atoms with Gasteiger partial charge in [0.2, 0.25) is 0 Å². The Hall–Kier alpha value is -1.84. The van der Waals surface area contributed by atoms with Gasteiger partial charge in [-0.05, 0) is 45.6 Å². The fourth-order valence-electron chi connectivity index (χ4n) is 4.02. The normalized spacial score (nSPS) is 22.7. The first-order valence-corrected chi connectivity index (χ1v) is 11.4. The molecule has 2 aromatic rings. The minimum Gasteiger partial charge on any atom is -0.597 e. The van der Waals surface area contributed by atoms with Crippen LogP contribution in [0.1, 0.15) is 73.2 Å². The van der Waals surface area contributed by atoms with Crippen LogP contribution in [0, 0.1) is 0 Å². The lowest BCUT2D eigenvalue weighted by atomic mass is 10.0. The van der Waals surface area contributed by atoms with E-state index >= 15 is 0 Å². The molecule has 1 aliphatic carbocycles. The van der Waals surface area contributed by atoms with Crippen molar-refractivity contribution in [2.24, 2.45) is 7.05 Å². The van der Waals surface area contributed by atoms with E-state index in [1.165, 1.54) is 0 Å². The first kappa shape index (κ1) is 19.5. The molecule has 2 fully saturated rings. The molecule has 0 bridgehead atoms. The second-order valence-electron chi connectivity index (χ2n) is 8.02. The summed E-state index contributed by atoms with van der Waals surface area (Å²) in [6.45, 7) is 3.87. The fraction of sp³-hybridized carbons (Fsp3) is 0.632. The van der Waals surface area contributed by atoms with Crippen LogP contribution in [0.3, 0.4) is 0 Å². The third-order valence-corrected chi connectivity index (χ3v) is 8.03. The largest absolute Gasteiger partial charge is 0.597 e. The molecule has 2 aromatic heterocycles. The van der Waals surface area contributed by atoms with Gasteiger partial charge < -0.3 is 9.87 Å². The second-order valence-corrected chi connectivity index (χ2v) is 10.5. The molecule has 2 unspecified atom stereocenters. The highest BCUT2D eigenvalue weighted by atomic mass is 32.3. The molecule has 2 aliphatic rings. The number of nitrogens with zero attached hydrogens (tertiary/aromatic N) is 4. The quantitative estimate of drug-likeness (QED) is 0.769. The average molecular weight is 406 g/mol. The van der Waals surface area contributed by atoms with Crippen LogP contribution < -0.4 is 5.32 Å². The minimum absolute atomic E-state index is 0.195. The van der Waals surface area contributed by atoms with E-state index in [2.05, 4.69) is 10.4 Å². The number of pyridine rings is 1. The number of fused-ring (bicyclic) bond motifs is 1. The highest BCUT2D eigenvalue weighted by Gasteiger charge is 2.43. The predicted octanol–water partition coefficient (Wildman–Crippen LogP) is 2.30. The van der Waals surface area contributed by atoms with E-state index in [9.17, 15) is 13.6 Å². The zero-order valence-corrected chi connectivity index (χ0v) is 17.6. The molecular weight excluding hydrogens is 378 g/mol. The first-order chi connectivity index (χ1) is 13.3. The maximum atomic E-state index is 12.9. The molecule has 0 spiro atoms. The molecule has 152 valence electrons. The van der Waals surface area contributed by atoms with Gasteiger partial charge in [-0.15, -0.1) is 4.31 Å². The molecule has 2 atom stereocenters. The summed E-state index contributed by atoms with van der Waals surface area (Å²) in [5, 5.41) is 7.54. The van der Waals surface area contributed by atoms with E-state index in [1.807, 2.05) is 6.07 Å². The van der Waals surface area contributed by atoms with Crippen molar-refractivity contribution in [3.8, 4) is 0 Å². The molecule has 1 N–H and O–H groups in total. The Balaban J connectivity index is 1.90. The van der Waals surface area contributed by atoms with Gasteiger partial charge in [-0.3, -0.25) is 9.48 Å². The standard InChI is InChI=1S/C19H27N5O3S/c1-11(2)28(26,27)24-9-5-6-15(24)17-16-13(19(25)20-3)10-14(12-7-8-12)21-18(16)23(4)22-17/h10-12,15H,5-9H2,1-4H3,(H-,20,25,26,27). The van der Waals surface area contributed by atoms with Gasteiger partial charge in [-0.2, -0.15) is 5.10 Å². The lowest BCUT2D eigenvalue weighted by molar-refractivity contribution is 0.0964. The number of carbonyl (C=O) groups excluding carboxylic acids is 1. The Morgan fingerprint density at radius 3 is 2.68 bits per heavy atom. The van der Waals surface area contributed by atoms with Crippen LogP contribution in [-0.4, -0.2) is 48.4 Å². The summed E-state index contributed by atoms with van der Waals surface area (Å²) in [6.07, 6.45) is 3.63. The van der Waals surface area contributed by atoms with Crippen LogP contribution in [-0.2, 0) is 21.7 Å². The third-order valence-electron chi connectivity index (χ3n) is 5.75. The number of aromatic nitrogens is 3. The van der Waals surface area contributed by atoms with Gasteiger partial charge in [-0.25, -0.2) is 4.98 Å². The van der Waals surface area contributed by atoms with E-state index in [1.54, 1.807) is 36.9 Å². The molecule has 8 nitrogen and oxygen atoms in total. The Labute approximate surface area is 166 Å². The molecule has 0 radical (unpaired) electrons. The molecular formula is C19H27N5O3S. The Morgan fingerprint density at radius 2 is 2.07 bits per heavy atom. The maximum Gasteiger partial charge on any atom is 0.251 e. The number of carbonyl (C=O) groups is 1.